The lowest BCUT2D eigenvalue weighted by molar-refractivity contribution is -0.00000579. The van der Waals surface area contributed by atoms with Crippen molar-refractivity contribution < 1.29 is 24.0 Å². The van der Waals surface area contributed by atoms with Crippen molar-refractivity contribution in [2.75, 3.05) is 24.6 Å². The van der Waals surface area contributed by atoms with Gasteiger partial charge in [-0.25, -0.2) is 0 Å². The fourth-order valence-corrected chi connectivity index (χ4v) is 9.22. The standard InChI is InChI=1S/C24H52P.HI/c1-5-9-13-15-17-19-23-25(21-11-7-3,22-12-8-4)24-20-18-16-14-10-6-2;/h5-24H2,1-4H3;1H/q+1;/p-1. The molecule has 26 heavy (non-hydrogen) atoms. The van der Waals surface area contributed by atoms with Gasteiger partial charge >= 0.3 is 0 Å². The van der Waals surface area contributed by atoms with Gasteiger partial charge in [0.15, 0.2) is 0 Å². The molecule has 0 unspecified atom stereocenters. The maximum absolute atomic E-state index is 2.39. The maximum Gasteiger partial charge on any atom is 0.0594 e. The predicted molar refractivity (Wildman–Crippen MR) is 123 cm³/mol. The van der Waals surface area contributed by atoms with Crippen LogP contribution in [-0.4, -0.2) is 24.6 Å². The topological polar surface area (TPSA) is 0 Å². The van der Waals surface area contributed by atoms with Gasteiger partial charge in [0.05, 0.1) is 24.6 Å². The van der Waals surface area contributed by atoms with Gasteiger partial charge in [0.25, 0.3) is 0 Å². The monoisotopic (exact) mass is 498 g/mol. The normalized spacial score (nSPS) is 11.5. The summed E-state index contributed by atoms with van der Waals surface area (Å²) in [7, 11) is -0.640. The van der Waals surface area contributed by atoms with Gasteiger partial charge in [-0.15, -0.1) is 0 Å². The van der Waals surface area contributed by atoms with E-state index >= 15 is 0 Å². The number of hydrogen-bond donors (Lipinski definition) is 0. The zero-order valence-electron chi connectivity index (χ0n) is 19.0. The van der Waals surface area contributed by atoms with Gasteiger partial charge < -0.3 is 24.0 Å². The number of unbranched alkanes of at least 4 members (excludes halogenated alkanes) is 12. The first-order chi connectivity index (χ1) is 12.2. The summed E-state index contributed by atoms with van der Waals surface area (Å²) in [6.07, 6.45) is 30.0. The molecule has 0 rings (SSSR count). The number of halogens is 1. The molecule has 0 saturated heterocycles. The Bertz CT molecular complexity index is 229. The minimum absolute atomic E-state index is 0. The Morgan fingerprint density at radius 2 is 0.615 bits per heavy atom. The summed E-state index contributed by atoms with van der Waals surface area (Å²) in [5.41, 5.74) is 0. The highest BCUT2D eigenvalue weighted by Crippen LogP contribution is 2.61. The molecule has 0 fully saturated rings. The molecule has 0 aliphatic heterocycles. The number of rotatable bonds is 20. The molecule has 0 aromatic carbocycles. The molecule has 0 aromatic rings. The molecule has 160 valence electrons. The van der Waals surface area contributed by atoms with E-state index in [9.17, 15) is 0 Å². The van der Waals surface area contributed by atoms with Crippen LogP contribution in [0.5, 0.6) is 0 Å². The summed E-state index contributed by atoms with van der Waals surface area (Å²) in [5.74, 6) is 0. The highest BCUT2D eigenvalue weighted by molar-refractivity contribution is 7.75. The molecule has 0 amide bonds. The van der Waals surface area contributed by atoms with Gasteiger partial charge in [-0.3, -0.25) is 0 Å². The van der Waals surface area contributed by atoms with Crippen LogP contribution in [0.2, 0.25) is 0 Å². The van der Waals surface area contributed by atoms with Crippen molar-refractivity contribution in [2.45, 2.75) is 130 Å². The van der Waals surface area contributed by atoms with E-state index in [1.54, 1.807) is 37.5 Å². The Morgan fingerprint density at radius 1 is 0.346 bits per heavy atom. The molecular formula is C24H52IP. The van der Waals surface area contributed by atoms with Crippen LogP contribution in [0.1, 0.15) is 130 Å². The Kier molecular flexibility index (Phi) is 25.4. The second kappa shape index (κ2) is 22.4. The molecule has 0 aliphatic rings. The zero-order valence-corrected chi connectivity index (χ0v) is 22.0. The quantitative estimate of drug-likeness (QED) is 0.105. The molecule has 0 nitrogen and oxygen atoms in total. The molecule has 0 radical (unpaired) electrons. The fraction of sp³-hybridized carbons (Fsp3) is 1.00. The van der Waals surface area contributed by atoms with Crippen molar-refractivity contribution in [3.05, 3.63) is 0 Å². The third-order valence-electron chi connectivity index (χ3n) is 5.94. The first kappa shape index (κ1) is 29.4. The van der Waals surface area contributed by atoms with Gasteiger partial charge in [-0.1, -0.05) is 91.9 Å². The summed E-state index contributed by atoms with van der Waals surface area (Å²) in [4.78, 5) is 0. The largest absolute Gasteiger partial charge is 1.00 e. The molecule has 0 N–H and O–H groups in total. The zero-order chi connectivity index (χ0) is 18.6. The van der Waals surface area contributed by atoms with E-state index < -0.39 is 7.26 Å². The van der Waals surface area contributed by atoms with Gasteiger partial charge in [-0.2, -0.15) is 0 Å². The number of hydrogen-bond acceptors (Lipinski definition) is 0. The fourth-order valence-electron chi connectivity index (χ4n) is 4.11. The van der Waals surface area contributed by atoms with E-state index in [1.807, 2.05) is 0 Å². The average molecular weight is 499 g/mol. The van der Waals surface area contributed by atoms with E-state index in [-0.39, 0.29) is 24.0 Å². The molecule has 2 heteroatoms. The van der Waals surface area contributed by atoms with Crippen molar-refractivity contribution in [2.24, 2.45) is 0 Å². The van der Waals surface area contributed by atoms with E-state index in [1.165, 1.54) is 89.9 Å². The molecule has 0 aliphatic carbocycles. The van der Waals surface area contributed by atoms with E-state index in [2.05, 4.69) is 27.7 Å². The van der Waals surface area contributed by atoms with Gasteiger partial charge in [0, 0.05) is 7.26 Å². The average Bonchev–Trinajstić information content (AvgIpc) is 2.63. The van der Waals surface area contributed by atoms with Gasteiger partial charge in [0.2, 0.25) is 0 Å². The summed E-state index contributed by atoms with van der Waals surface area (Å²) in [6, 6.07) is 0. The van der Waals surface area contributed by atoms with Crippen LogP contribution in [-0.2, 0) is 0 Å². The summed E-state index contributed by atoms with van der Waals surface area (Å²) in [5, 5.41) is 0. The van der Waals surface area contributed by atoms with E-state index in [4.69, 9.17) is 0 Å². The lowest BCUT2D eigenvalue weighted by atomic mass is 10.1. The van der Waals surface area contributed by atoms with Crippen LogP contribution in [0.15, 0.2) is 0 Å². The van der Waals surface area contributed by atoms with Crippen molar-refractivity contribution >= 4 is 7.26 Å². The first-order valence-electron chi connectivity index (χ1n) is 12.1. The highest BCUT2D eigenvalue weighted by Gasteiger charge is 2.34. The Hall–Kier alpha value is 1.16. The van der Waals surface area contributed by atoms with Gasteiger partial charge in [0.1, 0.15) is 0 Å². The maximum atomic E-state index is 2.39. The summed E-state index contributed by atoms with van der Waals surface area (Å²) in [6.45, 7) is 9.44. The van der Waals surface area contributed by atoms with Gasteiger partial charge in [-0.05, 0) is 38.5 Å². The van der Waals surface area contributed by atoms with E-state index in [0.29, 0.717) is 0 Å². The SMILES string of the molecule is CCCCCCCC[P+](CCCC)(CCCC)CCCCCCCC.[I-]. The minimum Gasteiger partial charge on any atom is -1.00 e. The lowest BCUT2D eigenvalue weighted by Gasteiger charge is -2.28. The van der Waals surface area contributed by atoms with Crippen LogP contribution in [0.4, 0.5) is 0 Å². The first-order valence-corrected chi connectivity index (χ1v) is 14.6. The Morgan fingerprint density at radius 3 is 0.962 bits per heavy atom. The van der Waals surface area contributed by atoms with Crippen LogP contribution in [0.3, 0.4) is 0 Å². The smallest absolute Gasteiger partial charge is 0.0594 e. The highest BCUT2D eigenvalue weighted by atomic mass is 127. The van der Waals surface area contributed by atoms with Crippen LogP contribution in [0.25, 0.3) is 0 Å². The van der Waals surface area contributed by atoms with Crippen molar-refractivity contribution in [1.29, 1.82) is 0 Å². The summed E-state index contributed by atoms with van der Waals surface area (Å²) >= 11 is 0. The Balaban J connectivity index is 0. The second-order valence-corrected chi connectivity index (χ2v) is 13.0. The molecular weight excluding hydrogens is 446 g/mol. The van der Waals surface area contributed by atoms with Crippen molar-refractivity contribution in [3.63, 3.8) is 0 Å². The molecule has 0 spiro atoms. The van der Waals surface area contributed by atoms with Crippen molar-refractivity contribution in [1.82, 2.24) is 0 Å². The molecule has 0 heterocycles. The molecule has 0 atom stereocenters. The van der Waals surface area contributed by atoms with Crippen LogP contribution in [0, 0.1) is 0 Å². The van der Waals surface area contributed by atoms with Crippen molar-refractivity contribution in [3.8, 4) is 0 Å². The molecule has 0 bridgehead atoms. The Labute approximate surface area is 185 Å². The molecule has 0 saturated carbocycles. The minimum atomic E-state index is -0.640. The van der Waals surface area contributed by atoms with E-state index in [0.717, 1.165) is 0 Å². The molecule has 0 aromatic heterocycles. The summed E-state index contributed by atoms with van der Waals surface area (Å²) < 4.78 is 0. The van der Waals surface area contributed by atoms with Crippen LogP contribution >= 0.6 is 7.26 Å². The van der Waals surface area contributed by atoms with Crippen LogP contribution < -0.4 is 24.0 Å². The second-order valence-electron chi connectivity index (χ2n) is 8.48. The predicted octanol–water partition coefficient (Wildman–Crippen LogP) is 6.33. The third kappa shape index (κ3) is 17.3. The lowest BCUT2D eigenvalue weighted by Crippen LogP contribution is -3.00. The third-order valence-corrected chi connectivity index (χ3v) is 11.0.